The number of rotatable bonds is 4. The standard InChI is InChI=1S/C14H22N6OS/c1-8(2)10-7-15-13(22-10)16-11(21)9(3)20-12(14(4,5)6)17-18-19-20/h7-9H,1-6H3,(H,15,16,21). The van der Waals surface area contributed by atoms with Crippen molar-refractivity contribution in [3.8, 4) is 0 Å². The Balaban J connectivity index is 2.14. The number of carbonyl (C=O) groups excluding carboxylic acids is 1. The minimum atomic E-state index is -0.504. The van der Waals surface area contributed by atoms with E-state index in [0.717, 1.165) is 4.88 Å². The van der Waals surface area contributed by atoms with Crippen molar-refractivity contribution < 1.29 is 4.79 Å². The summed E-state index contributed by atoms with van der Waals surface area (Å²) >= 11 is 1.49. The Morgan fingerprint density at radius 1 is 1.32 bits per heavy atom. The van der Waals surface area contributed by atoms with Gasteiger partial charge in [0.05, 0.1) is 0 Å². The van der Waals surface area contributed by atoms with Crippen molar-refractivity contribution in [3.05, 3.63) is 16.9 Å². The van der Waals surface area contributed by atoms with Crippen molar-refractivity contribution in [3.63, 3.8) is 0 Å². The molecule has 1 atom stereocenters. The van der Waals surface area contributed by atoms with Gasteiger partial charge >= 0.3 is 0 Å². The largest absolute Gasteiger partial charge is 0.300 e. The van der Waals surface area contributed by atoms with E-state index < -0.39 is 6.04 Å². The SMILES string of the molecule is CC(C)c1cnc(NC(=O)C(C)n2nnnc2C(C)(C)C)s1. The molecule has 0 spiro atoms. The first kappa shape index (κ1) is 16.5. The highest BCUT2D eigenvalue weighted by atomic mass is 32.1. The van der Waals surface area contributed by atoms with E-state index in [4.69, 9.17) is 0 Å². The van der Waals surface area contributed by atoms with Crippen molar-refractivity contribution in [2.75, 3.05) is 5.32 Å². The summed E-state index contributed by atoms with van der Waals surface area (Å²) in [6.45, 7) is 12.0. The molecular weight excluding hydrogens is 300 g/mol. The lowest BCUT2D eigenvalue weighted by Gasteiger charge is -2.20. The Morgan fingerprint density at radius 2 is 2.00 bits per heavy atom. The van der Waals surface area contributed by atoms with Crippen LogP contribution in [0.3, 0.4) is 0 Å². The third kappa shape index (κ3) is 3.49. The van der Waals surface area contributed by atoms with Crippen LogP contribution in [-0.4, -0.2) is 31.1 Å². The molecule has 0 aromatic carbocycles. The van der Waals surface area contributed by atoms with Gasteiger partial charge in [-0.15, -0.1) is 16.4 Å². The Labute approximate surface area is 134 Å². The molecule has 120 valence electrons. The number of thiazole rings is 1. The first-order valence-electron chi connectivity index (χ1n) is 7.25. The third-order valence-corrected chi connectivity index (χ3v) is 4.45. The van der Waals surface area contributed by atoms with Gasteiger partial charge in [0.25, 0.3) is 5.91 Å². The molecule has 1 amide bonds. The molecule has 0 saturated heterocycles. The van der Waals surface area contributed by atoms with E-state index in [1.807, 2.05) is 20.8 Å². The minimum Gasteiger partial charge on any atom is -0.300 e. The number of amides is 1. The number of nitrogens with zero attached hydrogens (tertiary/aromatic N) is 5. The maximum Gasteiger partial charge on any atom is 0.250 e. The van der Waals surface area contributed by atoms with E-state index in [1.54, 1.807) is 17.8 Å². The summed E-state index contributed by atoms with van der Waals surface area (Å²) in [5.41, 5.74) is -0.232. The summed E-state index contributed by atoms with van der Waals surface area (Å²) in [6.07, 6.45) is 1.80. The van der Waals surface area contributed by atoms with Gasteiger partial charge in [0.1, 0.15) is 6.04 Å². The highest BCUT2D eigenvalue weighted by Gasteiger charge is 2.27. The molecule has 0 fully saturated rings. The summed E-state index contributed by atoms with van der Waals surface area (Å²) in [6, 6.07) is -0.504. The molecule has 0 aliphatic rings. The molecule has 0 radical (unpaired) electrons. The monoisotopic (exact) mass is 322 g/mol. The fraction of sp³-hybridized carbons (Fsp3) is 0.643. The van der Waals surface area contributed by atoms with Crippen molar-refractivity contribution in [2.45, 2.75) is 58.9 Å². The quantitative estimate of drug-likeness (QED) is 0.935. The van der Waals surface area contributed by atoms with Crippen LogP contribution in [0.5, 0.6) is 0 Å². The lowest BCUT2D eigenvalue weighted by Crippen LogP contribution is -2.29. The molecule has 0 saturated carbocycles. The Kier molecular flexibility index (Phi) is 4.60. The van der Waals surface area contributed by atoms with E-state index in [-0.39, 0.29) is 11.3 Å². The molecule has 0 bridgehead atoms. The zero-order valence-corrected chi connectivity index (χ0v) is 14.6. The predicted molar refractivity (Wildman–Crippen MR) is 86.1 cm³/mol. The zero-order chi connectivity index (χ0) is 16.5. The van der Waals surface area contributed by atoms with Gasteiger partial charge in [0, 0.05) is 16.5 Å². The van der Waals surface area contributed by atoms with E-state index >= 15 is 0 Å². The number of tetrazole rings is 1. The molecule has 2 aromatic rings. The topological polar surface area (TPSA) is 85.6 Å². The van der Waals surface area contributed by atoms with Crippen LogP contribution in [0, 0.1) is 0 Å². The van der Waals surface area contributed by atoms with Crippen LogP contribution >= 0.6 is 11.3 Å². The number of nitrogens with one attached hydrogen (secondary N) is 1. The lowest BCUT2D eigenvalue weighted by atomic mass is 9.95. The van der Waals surface area contributed by atoms with Crippen LogP contribution in [-0.2, 0) is 10.2 Å². The lowest BCUT2D eigenvalue weighted by molar-refractivity contribution is -0.119. The predicted octanol–water partition coefficient (Wildman–Crippen LogP) is 2.75. The second-order valence-corrected chi connectivity index (χ2v) is 7.65. The molecule has 1 unspecified atom stereocenters. The molecule has 2 rings (SSSR count). The number of carbonyl (C=O) groups is 1. The summed E-state index contributed by atoms with van der Waals surface area (Å²) < 4.78 is 1.56. The fourth-order valence-electron chi connectivity index (χ4n) is 1.88. The van der Waals surface area contributed by atoms with Crippen molar-refractivity contribution in [2.24, 2.45) is 0 Å². The summed E-state index contributed by atoms with van der Waals surface area (Å²) in [7, 11) is 0. The molecule has 7 nitrogen and oxygen atoms in total. The first-order chi connectivity index (χ1) is 10.2. The van der Waals surface area contributed by atoms with Gasteiger partial charge in [-0.25, -0.2) is 9.67 Å². The second kappa shape index (κ2) is 6.12. The molecule has 1 N–H and O–H groups in total. The zero-order valence-electron chi connectivity index (χ0n) is 13.8. The maximum absolute atomic E-state index is 12.4. The van der Waals surface area contributed by atoms with Crippen molar-refractivity contribution in [1.82, 2.24) is 25.2 Å². The van der Waals surface area contributed by atoms with Crippen molar-refractivity contribution in [1.29, 1.82) is 0 Å². The number of anilines is 1. The van der Waals surface area contributed by atoms with Gasteiger partial charge in [0.15, 0.2) is 11.0 Å². The van der Waals surface area contributed by atoms with Crippen LogP contribution in [0.4, 0.5) is 5.13 Å². The highest BCUT2D eigenvalue weighted by Crippen LogP contribution is 2.26. The van der Waals surface area contributed by atoms with Crippen molar-refractivity contribution >= 4 is 22.4 Å². The van der Waals surface area contributed by atoms with Gasteiger partial charge in [0.2, 0.25) is 0 Å². The minimum absolute atomic E-state index is 0.178. The molecule has 0 aliphatic heterocycles. The molecule has 22 heavy (non-hydrogen) atoms. The van der Waals surface area contributed by atoms with Crippen LogP contribution in [0.1, 0.15) is 64.2 Å². The normalized spacial score (nSPS) is 13.4. The average Bonchev–Trinajstić information content (AvgIpc) is 3.05. The maximum atomic E-state index is 12.4. The van der Waals surface area contributed by atoms with Gasteiger partial charge < -0.3 is 5.32 Å². The van der Waals surface area contributed by atoms with Crippen LogP contribution < -0.4 is 5.32 Å². The Hall–Kier alpha value is -1.83. The van der Waals surface area contributed by atoms with E-state index in [0.29, 0.717) is 16.9 Å². The first-order valence-corrected chi connectivity index (χ1v) is 8.06. The van der Waals surface area contributed by atoms with Crippen LogP contribution in [0.2, 0.25) is 0 Å². The summed E-state index contributed by atoms with van der Waals surface area (Å²) in [5.74, 6) is 0.896. The number of hydrogen-bond acceptors (Lipinski definition) is 6. The molecule has 2 aromatic heterocycles. The third-order valence-electron chi connectivity index (χ3n) is 3.23. The van der Waals surface area contributed by atoms with Crippen LogP contribution in [0.15, 0.2) is 6.20 Å². The molecular formula is C14H22N6OS. The fourth-order valence-corrected chi connectivity index (χ4v) is 2.70. The summed E-state index contributed by atoms with van der Waals surface area (Å²) in [4.78, 5) is 17.8. The highest BCUT2D eigenvalue weighted by molar-refractivity contribution is 7.15. The number of aromatic nitrogens is 5. The number of hydrogen-bond donors (Lipinski definition) is 1. The van der Waals surface area contributed by atoms with Gasteiger partial charge in [-0.1, -0.05) is 34.6 Å². The van der Waals surface area contributed by atoms with Gasteiger partial charge in [-0.2, -0.15) is 0 Å². The molecule has 8 heteroatoms. The molecule has 2 heterocycles. The van der Waals surface area contributed by atoms with E-state index in [2.05, 4.69) is 39.7 Å². The molecule has 0 aliphatic carbocycles. The summed E-state index contributed by atoms with van der Waals surface area (Å²) in [5, 5.41) is 15.1. The van der Waals surface area contributed by atoms with Crippen LogP contribution in [0.25, 0.3) is 0 Å². The van der Waals surface area contributed by atoms with E-state index in [1.165, 1.54) is 11.3 Å². The second-order valence-electron chi connectivity index (χ2n) is 6.58. The van der Waals surface area contributed by atoms with Gasteiger partial charge in [-0.05, 0) is 23.3 Å². The van der Waals surface area contributed by atoms with Gasteiger partial charge in [-0.3, -0.25) is 4.79 Å². The average molecular weight is 322 g/mol. The Morgan fingerprint density at radius 3 is 2.55 bits per heavy atom. The Bertz CT molecular complexity index is 654. The van der Waals surface area contributed by atoms with E-state index in [9.17, 15) is 4.79 Å². The smallest absolute Gasteiger partial charge is 0.250 e.